The molecule has 0 amide bonds. The van der Waals surface area contributed by atoms with Gasteiger partial charge < -0.3 is 10.2 Å². The molecule has 0 saturated heterocycles. The van der Waals surface area contributed by atoms with Crippen LogP contribution in [0.4, 0.5) is 0 Å². The highest BCUT2D eigenvalue weighted by Crippen LogP contribution is 2.26. The van der Waals surface area contributed by atoms with Crippen LogP contribution < -0.4 is 0 Å². The molecule has 0 aliphatic heterocycles. The molecule has 3 heteroatoms. The second-order valence-corrected chi connectivity index (χ2v) is 4.34. The minimum atomic E-state index is -0.926. The van der Waals surface area contributed by atoms with E-state index in [4.69, 9.17) is 5.11 Å². The third-order valence-corrected chi connectivity index (χ3v) is 3.00. The molecule has 0 atom stereocenters. The van der Waals surface area contributed by atoms with Gasteiger partial charge >= 0.3 is 5.97 Å². The summed E-state index contributed by atoms with van der Waals surface area (Å²) in [4.78, 5) is 11.1. The van der Waals surface area contributed by atoms with E-state index in [9.17, 15) is 9.90 Å². The molecule has 0 radical (unpaired) electrons. The molecule has 0 aliphatic carbocycles. The normalized spacial score (nSPS) is 10.3. The fourth-order valence-corrected chi connectivity index (χ4v) is 1.87. The second-order valence-electron chi connectivity index (χ2n) is 4.34. The monoisotopic (exact) mass is 242 g/mol. The van der Waals surface area contributed by atoms with Crippen LogP contribution in [0.25, 0.3) is 11.1 Å². The summed E-state index contributed by atoms with van der Waals surface area (Å²) < 4.78 is 0. The first-order chi connectivity index (χ1) is 8.49. The summed E-state index contributed by atoms with van der Waals surface area (Å²) >= 11 is 0. The van der Waals surface area contributed by atoms with Gasteiger partial charge in [0.1, 0.15) is 5.75 Å². The van der Waals surface area contributed by atoms with Crippen molar-refractivity contribution in [2.45, 2.75) is 13.8 Å². The Balaban J connectivity index is 2.54. The Kier molecular flexibility index (Phi) is 3.06. The van der Waals surface area contributed by atoms with Crippen molar-refractivity contribution in [2.24, 2.45) is 0 Å². The Morgan fingerprint density at radius 2 is 1.56 bits per heavy atom. The van der Waals surface area contributed by atoms with Gasteiger partial charge in [0, 0.05) is 0 Å². The van der Waals surface area contributed by atoms with Crippen LogP contribution in [0.5, 0.6) is 5.75 Å². The zero-order valence-corrected chi connectivity index (χ0v) is 10.3. The lowest BCUT2D eigenvalue weighted by atomic mass is 9.98. The fourth-order valence-electron chi connectivity index (χ4n) is 1.87. The van der Waals surface area contributed by atoms with Crippen molar-refractivity contribution in [2.75, 3.05) is 0 Å². The van der Waals surface area contributed by atoms with Crippen molar-refractivity contribution in [3.05, 3.63) is 53.1 Å². The highest BCUT2D eigenvalue weighted by molar-refractivity contribution is 5.91. The predicted octanol–water partition coefficient (Wildman–Crippen LogP) is 3.37. The van der Waals surface area contributed by atoms with Crippen molar-refractivity contribution in [1.82, 2.24) is 0 Å². The number of aromatic hydroxyl groups is 1. The average Bonchev–Trinajstić information content (AvgIpc) is 2.33. The molecule has 0 fully saturated rings. The molecule has 2 aromatic carbocycles. The Labute approximate surface area is 105 Å². The summed E-state index contributed by atoms with van der Waals surface area (Å²) in [7, 11) is 0. The molecule has 92 valence electrons. The van der Waals surface area contributed by atoms with E-state index in [1.54, 1.807) is 31.2 Å². The zero-order valence-electron chi connectivity index (χ0n) is 10.3. The van der Waals surface area contributed by atoms with Gasteiger partial charge in [-0.1, -0.05) is 18.2 Å². The molecule has 0 heterocycles. The van der Waals surface area contributed by atoms with Gasteiger partial charge in [0.25, 0.3) is 0 Å². The van der Waals surface area contributed by atoms with Gasteiger partial charge in [0.2, 0.25) is 0 Å². The standard InChI is InChI=1S/C15H14O3/c1-9-3-4-12(8-13(9)15(17)18)11-5-6-14(16)10(2)7-11/h3-8,16H,1-2H3,(H,17,18). The molecule has 18 heavy (non-hydrogen) atoms. The Morgan fingerprint density at radius 3 is 2.17 bits per heavy atom. The summed E-state index contributed by atoms with van der Waals surface area (Å²) in [6.45, 7) is 3.58. The largest absolute Gasteiger partial charge is 0.508 e. The number of hydrogen-bond donors (Lipinski definition) is 2. The third-order valence-electron chi connectivity index (χ3n) is 3.00. The average molecular weight is 242 g/mol. The molecular weight excluding hydrogens is 228 g/mol. The van der Waals surface area contributed by atoms with Crippen LogP contribution >= 0.6 is 0 Å². The minimum Gasteiger partial charge on any atom is -0.508 e. The number of carbonyl (C=O) groups is 1. The van der Waals surface area contributed by atoms with Crippen molar-refractivity contribution in [3.8, 4) is 16.9 Å². The summed E-state index contributed by atoms with van der Waals surface area (Å²) in [6, 6.07) is 10.6. The predicted molar refractivity (Wildman–Crippen MR) is 70.0 cm³/mol. The van der Waals surface area contributed by atoms with Gasteiger partial charge in [-0.2, -0.15) is 0 Å². The van der Waals surface area contributed by atoms with Gasteiger partial charge in [-0.3, -0.25) is 0 Å². The number of hydrogen-bond acceptors (Lipinski definition) is 2. The summed E-state index contributed by atoms with van der Waals surface area (Å²) in [5.41, 5.74) is 3.54. The summed E-state index contributed by atoms with van der Waals surface area (Å²) in [5, 5.41) is 18.6. The Bertz CT molecular complexity index is 615. The van der Waals surface area contributed by atoms with E-state index in [0.717, 1.165) is 22.3 Å². The lowest BCUT2D eigenvalue weighted by Crippen LogP contribution is -1.99. The second kappa shape index (κ2) is 4.53. The quantitative estimate of drug-likeness (QED) is 0.848. The first-order valence-electron chi connectivity index (χ1n) is 5.63. The van der Waals surface area contributed by atoms with Crippen LogP contribution in [0.3, 0.4) is 0 Å². The van der Waals surface area contributed by atoms with Crippen molar-refractivity contribution >= 4 is 5.97 Å². The first-order valence-corrected chi connectivity index (χ1v) is 5.63. The number of carboxylic acids is 1. The van der Waals surface area contributed by atoms with Crippen LogP contribution in [0.15, 0.2) is 36.4 Å². The summed E-state index contributed by atoms with van der Waals surface area (Å²) in [5.74, 6) is -0.686. The molecule has 2 N–H and O–H groups in total. The Morgan fingerprint density at radius 1 is 0.944 bits per heavy atom. The smallest absolute Gasteiger partial charge is 0.335 e. The van der Waals surface area contributed by atoms with E-state index in [2.05, 4.69) is 0 Å². The van der Waals surface area contributed by atoms with Crippen LogP contribution in [-0.2, 0) is 0 Å². The van der Waals surface area contributed by atoms with Gasteiger partial charge in [-0.15, -0.1) is 0 Å². The summed E-state index contributed by atoms with van der Waals surface area (Å²) in [6.07, 6.45) is 0. The van der Waals surface area contributed by atoms with E-state index < -0.39 is 5.97 Å². The molecule has 0 aromatic heterocycles. The molecular formula is C15H14O3. The number of benzene rings is 2. The lowest BCUT2D eigenvalue weighted by molar-refractivity contribution is 0.0696. The van der Waals surface area contributed by atoms with Gasteiger partial charge in [-0.25, -0.2) is 4.79 Å². The third kappa shape index (κ3) is 2.20. The zero-order chi connectivity index (χ0) is 13.3. The van der Waals surface area contributed by atoms with E-state index in [1.807, 2.05) is 19.1 Å². The van der Waals surface area contributed by atoms with E-state index >= 15 is 0 Å². The number of phenolic OH excluding ortho intramolecular Hbond substituents is 1. The SMILES string of the molecule is Cc1cc(-c2ccc(C)c(C(=O)O)c2)ccc1O. The molecule has 2 rings (SSSR count). The molecule has 0 bridgehead atoms. The van der Waals surface area contributed by atoms with Crippen LogP contribution in [-0.4, -0.2) is 16.2 Å². The molecule has 0 unspecified atom stereocenters. The molecule has 3 nitrogen and oxygen atoms in total. The van der Waals surface area contributed by atoms with Crippen LogP contribution in [0, 0.1) is 13.8 Å². The number of aryl methyl sites for hydroxylation is 2. The van der Waals surface area contributed by atoms with Crippen LogP contribution in [0.1, 0.15) is 21.5 Å². The van der Waals surface area contributed by atoms with Gasteiger partial charge in [0.15, 0.2) is 0 Å². The molecule has 2 aromatic rings. The highest BCUT2D eigenvalue weighted by Gasteiger charge is 2.09. The maximum atomic E-state index is 11.1. The molecule has 0 spiro atoms. The van der Waals surface area contributed by atoms with Gasteiger partial charge in [0.05, 0.1) is 5.56 Å². The van der Waals surface area contributed by atoms with E-state index in [0.29, 0.717) is 5.56 Å². The number of carboxylic acid groups (broad SMARTS) is 1. The molecule has 0 saturated carbocycles. The lowest BCUT2D eigenvalue weighted by Gasteiger charge is -2.07. The van der Waals surface area contributed by atoms with Crippen molar-refractivity contribution < 1.29 is 15.0 Å². The van der Waals surface area contributed by atoms with Crippen LogP contribution in [0.2, 0.25) is 0 Å². The maximum absolute atomic E-state index is 11.1. The molecule has 0 aliphatic rings. The number of phenols is 1. The Hall–Kier alpha value is -2.29. The topological polar surface area (TPSA) is 57.5 Å². The number of rotatable bonds is 2. The maximum Gasteiger partial charge on any atom is 0.335 e. The first kappa shape index (κ1) is 12.2. The van der Waals surface area contributed by atoms with E-state index in [-0.39, 0.29) is 5.75 Å². The highest BCUT2D eigenvalue weighted by atomic mass is 16.4. The number of aromatic carboxylic acids is 1. The van der Waals surface area contributed by atoms with Crippen molar-refractivity contribution in [3.63, 3.8) is 0 Å². The van der Waals surface area contributed by atoms with Crippen molar-refractivity contribution in [1.29, 1.82) is 0 Å². The minimum absolute atomic E-state index is 0.240. The van der Waals surface area contributed by atoms with Gasteiger partial charge in [-0.05, 0) is 54.3 Å². The van der Waals surface area contributed by atoms with E-state index in [1.165, 1.54) is 0 Å². The fraction of sp³-hybridized carbons (Fsp3) is 0.133.